The number of rotatable bonds is 6. The molecule has 1 heterocycles. The summed E-state index contributed by atoms with van der Waals surface area (Å²) in [5.41, 5.74) is 3.54. The summed E-state index contributed by atoms with van der Waals surface area (Å²) in [5, 5.41) is 15.2. The number of nitrogens with one attached hydrogen (secondary N) is 3. The molecule has 3 N–H and O–H groups in total. The van der Waals surface area contributed by atoms with Crippen molar-refractivity contribution in [2.45, 2.75) is 31.8 Å². The number of pyridine rings is 1. The Morgan fingerprint density at radius 3 is 2.90 bits per heavy atom. The zero-order valence-corrected chi connectivity index (χ0v) is 12.1. The van der Waals surface area contributed by atoms with Gasteiger partial charge in [-0.1, -0.05) is 11.6 Å². The molecule has 0 bridgehead atoms. The van der Waals surface area contributed by atoms with Gasteiger partial charge in [0.1, 0.15) is 5.71 Å². The first-order valence-electron chi connectivity index (χ1n) is 6.44. The number of hydrogen-bond donors (Lipinski definition) is 3. The van der Waals surface area contributed by atoms with Crippen molar-refractivity contribution in [3.05, 3.63) is 28.8 Å². The Labute approximate surface area is 122 Å². The van der Waals surface area contributed by atoms with Crippen molar-refractivity contribution in [1.82, 2.24) is 15.7 Å². The van der Waals surface area contributed by atoms with Crippen molar-refractivity contribution in [2.75, 3.05) is 7.05 Å². The van der Waals surface area contributed by atoms with Crippen LogP contribution in [-0.2, 0) is 0 Å². The molecule has 1 aliphatic rings. The molecule has 20 heavy (non-hydrogen) atoms. The minimum atomic E-state index is -0.693. The van der Waals surface area contributed by atoms with Crippen LogP contribution in [0.4, 0.5) is 4.39 Å². The molecule has 1 saturated carbocycles. The van der Waals surface area contributed by atoms with Crippen molar-refractivity contribution in [3.63, 3.8) is 0 Å². The zero-order valence-electron chi connectivity index (χ0n) is 11.4. The largest absolute Gasteiger partial charge is 0.312 e. The van der Waals surface area contributed by atoms with Gasteiger partial charge < -0.3 is 10.7 Å². The fraction of sp³-hybridized carbons (Fsp3) is 0.462. The molecule has 0 aromatic carbocycles. The molecular formula is C13H17ClFN5. The lowest BCUT2D eigenvalue weighted by Crippen LogP contribution is -2.38. The lowest BCUT2D eigenvalue weighted by Gasteiger charge is -2.16. The van der Waals surface area contributed by atoms with E-state index in [1.807, 2.05) is 6.92 Å². The van der Waals surface area contributed by atoms with Gasteiger partial charge in [0.15, 0.2) is 11.0 Å². The summed E-state index contributed by atoms with van der Waals surface area (Å²) in [7, 11) is 1.76. The molecule has 1 fully saturated rings. The van der Waals surface area contributed by atoms with Crippen LogP contribution < -0.4 is 10.7 Å². The molecular weight excluding hydrogens is 281 g/mol. The fourth-order valence-corrected chi connectivity index (χ4v) is 1.79. The smallest absolute Gasteiger partial charge is 0.169 e. The van der Waals surface area contributed by atoms with Crippen LogP contribution in [0.3, 0.4) is 0 Å². The SMILES string of the molecule is CNC(C)/C(=N/NC1CC1)C(=N)c1ccnc(Cl)c1F. The second-order valence-corrected chi connectivity index (χ2v) is 5.11. The molecule has 7 heteroatoms. The number of hydrogen-bond acceptors (Lipinski definition) is 5. The van der Waals surface area contributed by atoms with E-state index in [0.717, 1.165) is 12.8 Å². The maximum absolute atomic E-state index is 14.0. The second kappa shape index (κ2) is 6.28. The van der Waals surface area contributed by atoms with E-state index in [-0.39, 0.29) is 22.5 Å². The van der Waals surface area contributed by atoms with Gasteiger partial charge in [0, 0.05) is 17.8 Å². The van der Waals surface area contributed by atoms with E-state index in [0.29, 0.717) is 11.8 Å². The molecule has 0 aliphatic heterocycles. The normalized spacial score (nSPS) is 16.9. The Hall–Kier alpha value is -1.53. The van der Waals surface area contributed by atoms with Crippen molar-refractivity contribution in [3.8, 4) is 0 Å². The van der Waals surface area contributed by atoms with Gasteiger partial charge in [0.25, 0.3) is 0 Å². The third-order valence-electron chi connectivity index (χ3n) is 3.16. The predicted octanol–water partition coefficient (Wildman–Crippen LogP) is 1.96. The van der Waals surface area contributed by atoms with Gasteiger partial charge in [-0.2, -0.15) is 5.10 Å². The molecule has 0 saturated heterocycles. The molecule has 2 rings (SSSR count). The Morgan fingerprint density at radius 1 is 1.60 bits per heavy atom. The summed E-state index contributed by atoms with van der Waals surface area (Å²) in [6.07, 6.45) is 3.53. The minimum absolute atomic E-state index is 0.00167. The molecule has 5 nitrogen and oxygen atoms in total. The van der Waals surface area contributed by atoms with E-state index >= 15 is 0 Å². The van der Waals surface area contributed by atoms with Crippen LogP contribution >= 0.6 is 11.6 Å². The summed E-state index contributed by atoms with van der Waals surface area (Å²) < 4.78 is 14.0. The third kappa shape index (κ3) is 3.32. The Morgan fingerprint density at radius 2 is 2.30 bits per heavy atom. The average Bonchev–Trinajstić information content (AvgIpc) is 3.25. The average molecular weight is 298 g/mol. The van der Waals surface area contributed by atoms with Crippen LogP contribution in [0.25, 0.3) is 0 Å². The molecule has 0 spiro atoms. The van der Waals surface area contributed by atoms with E-state index < -0.39 is 5.82 Å². The van der Waals surface area contributed by atoms with E-state index in [1.54, 1.807) is 7.05 Å². The van der Waals surface area contributed by atoms with Crippen LogP contribution in [0.15, 0.2) is 17.4 Å². The van der Waals surface area contributed by atoms with Crippen LogP contribution in [0, 0.1) is 11.2 Å². The fourth-order valence-electron chi connectivity index (χ4n) is 1.63. The first-order chi connectivity index (χ1) is 9.54. The quantitative estimate of drug-likeness (QED) is 0.427. The van der Waals surface area contributed by atoms with Gasteiger partial charge in [-0.3, -0.25) is 5.41 Å². The molecule has 0 radical (unpaired) electrons. The van der Waals surface area contributed by atoms with Gasteiger partial charge >= 0.3 is 0 Å². The van der Waals surface area contributed by atoms with Crippen molar-refractivity contribution in [2.24, 2.45) is 5.10 Å². The van der Waals surface area contributed by atoms with Crippen molar-refractivity contribution in [1.29, 1.82) is 5.41 Å². The number of nitrogens with zero attached hydrogens (tertiary/aromatic N) is 2. The highest BCUT2D eigenvalue weighted by Gasteiger charge is 2.24. The Balaban J connectivity index is 2.29. The number of hydrazone groups is 1. The van der Waals surface area contributed by atoms with E-state index in [9.17, 15) is 4.39 Å². The van der Waals surface area contributed by atoms with Gasteiger partial charge in [0.05, 0.1) is 11.8 Å². The lowest BCUT2D eigenvalue weighted by molar-refractivity contribution is 0.619. The van der Waals surface area contributed by atoms with Gasteiger partial charge in [-0.15, -0.1) is 0 Å². The van der Waals surface area contributed by atoms with Crippen molar-refractivity contribution < 1.29 is 4.39 Å². The minimum Gasteiger partial charge on any atom is -0.312 e. The standard InChI is InChI=1S/C13H17ClFN5/c1-7(17-2)12(20-19-8-3-4-8)11(16)9-5-6-18-13(14)10(9)15/h5-8,16-17,19H,3-4H2,1-2H3/b16-11?,20-12-. The summed E-state index contributed by atoms with van der Waals surface area (Å²) in [6, 6.07) is 1.62. The first kappa shape index (κ1) is 14.9. The number of halogens is 2. The molecule has 0 amide bonds. The monoisotopic (exact) mass is 297 g/mol. The van der Waals surface area contributed by atoms with Gasteiger partial charge in [0.2, 0.25) is 0 Å². The highest BCUT2D eigenvalue weighted by Crippen LogP contribution is 2.19. The molecule has 1 atom stereocenters. The Bertz CT molecular complexity index is 542. The summed E-state index contributed by atoms with van der Waals surface area (Å²) in [4.78, 5) is 3.65. The second-order valence-electron chi connectivity index (χ2n) is 4.75. The van der Waals surface area contributed by atoms with Crippen LogP contribution in [0.2, 0.25) is 5.15 Å². The van der Waals surface area contributed by atoms with E-state index in [2.05, 4.69) is 20.8 Å². The van der Waals surface area contributed by atoms with E-state index in [4.69, 9.17) is 17.0 Å². The highest BCUT2D eigenvalue weighted by molar-refractivity contribution is 6.49. The predicted molar refractivity (Wildman–Crippen MR) is 78.1 cm³/mol. The molecule has 1 aliphatic carbocycles. The maximum atomic E-state index is 14.0. The third-order valence-corrected chi connectivity index (χ3v) is 3.42. The van der Waals surface area contributed by atoms with E-state index in [1.165, 1.54) is 12.3 Å². The van der Waals surface area contributed by atoms with Gasteiger partial charge in [-0.25, -0.2) is 9.37 Å². The summed E-state index contributed by atoms with van der Waals surface area (Å²) in [5.74, 6) is -0.693. The van der Waals surface area contributed by atoms with Crippen LogP contribution in [0.5, 0.6) is 0 Å². The maximum Gasteiger partial charge on any atom is 0.169 e. The summed E-state index contributed by atoms with van der Waals surface area (Å²) >= 11 is 5.66. The van der Waals surface area contributed by atoms with Gasteiger partial charge in [-0.05, 0) is 32.9 Å². The summed E-state index contributed by atoms with van der Waals surface area (Å²) in [6.45, 7) is 1.86. The Kier molecular flexibility index (Phi) is 4.67. The molecule has 1 aromatic heterocycles. The molecule has 1 unspecified atom stereocenters. The molecule has 108 valence electrons. The number of aromatic nitrogens is 1. The van der Waals surface area contributed by atoms with Crippen LogP contribution in [-0.4, -0.2) is 35.5 Å². The first-order valence-corrected chi connectivity index (χ1v) is 6.82. The lowest BCUT2D eigenvalue weighted by atomic mass is 10.0. The zero-order chi connectivity index (χ0) is 14.7. The van der Waals surface area contributed by atoms with Crippen molar-refractivity contribution >= 4 is 23.0 Å². The van der Waals surface area contributed by atoms with Crippen LogP contribution in [0.1, 0.15) is 25.3 Å². The topological polar surface area (TPSA) is 73.2 Å². The highest BCUT2D eigenvalue weighted by atomic mass is 35.5. The molecule has 1 aromatic rings.